The van der Waals surface area contributed by atoms with Gasteiger partial charge in [-0.25, -0.2) is 9.97 Å². The topological polar surface area (TPSA) is 101 Å². The van der Waals surface area contributed by atoms with E-state index >= 15 is 0 Å². The van der Waals surface area contributed by atoms with Crippen molar-refractivity contribution in [2.45, 2.75) is 20.3 Å². The molecule has 8 heteroatoms. The Kier molecular flexibility index (Phi) is 6.65. The van der Waals surface area contributed by atoms with Crippen LogP contribution in [0.15, 0.2) is 66.7 Å². The predicted octanol–water partition coefficient (Wildman–Crippen LogP) is 4.90. The van der Waals surface area contributed by atoms with E-state index in [0.717, 1.165) is 5.56 Å². The number of rotatable bonds is 6. The Morgan fingerprint density at radius 2 is 1.44 bits per heavy atom. The Hall–Kier alpha value is -4.10. The maximum Gasteiger partial charge on any atom is 0.292 e. The van der Waals surface area contributed by atoms with Gasteiger partial charge >= 0.3 is 0 Å². The third-order valence-corrected chi connectivity index (χ3v) is 5.76. The number of aryl methyl sites for hydroxylation is 1. The SMILES string of the molecule is Cc1ccccc1NC(=O)c1nc2ccccc2nc1CC(=O)C(=O)Nc1cccc(Cl)c1C. The second-order valence-corrected chi connectivity index (χ2v) is 8.15. The van der Waals surface area contributed by atoms with E-state index in [-0.39, 0.29) is 17.8 Å². The number of amides is 2. The molecule has 0 saturated carbocycles. The van der Waals surface area contributed by atoms with Gasteiger partial charge in [0.15, 0.2) is 5.69 Å². The number of carbonyl (C=O) groups is 3. The first-order valence-electron chi connectivity index (χ1n) is 10.6. The number of halogens is 1. The average molecular weight is 473 g/mol. The molecule has 7 nitrogen and oxygen atoms in total. The summed E-state index contributed by atoms with van der Waals surface area (Å²) in [5.74, 6) is -2.10. The Morgan fingerprint density at radius 3 is 2.18 bits per heavy atom. The van der Waals surface area contributed by atoms with Crippen molar-refractivity contribution in [3.05, 3.63) is 94.3 Å². The summed E-state index contributed by atoms with van der Waals surface area (Å²) in [4.78, 5) is 47.4. The highest BCUT2D eigenvalue weighted by Gasteiger charge is 2.23. The van der Waals surface area contributed by atoms with Crippen LogP contribution in [0.5, 0.6) is 0 Å². The minimum atomic E-state index is -0.828. The van der Waals surface area contributed by atoms with Crippen LogP contribution in [0.3, 0.4) is 0 Å². The molecule has 0 saturated heterocycles. The van der Waals surface area contributed by atoms with Crippen LogP contribution in [-0.2, 0) is 16.0 Å². The highest BCUT2D eigenvalue weighted by Crippen LogP contribution is 2.23. The number of fused-ring (bicyclic) bond motifs is 1. The number of hydrogen-bond acceptors (Lipinski definition) is 5. The molecule has 4 aromatic rings. The van der Waals surface area contributed by atoms with E-state index in [4.69, 9.17) is 11.6 Å². The van der Waals surface area contributed by atoms with Crippen molar-refractivity contribution >= 4 is 51.6 Å². The molecule has 2 amide bonds. The number of anilines is 2. The first kappa shape index (κ1) is 23.1. The number of aromatic nitrogens is 2. The summed E-state index contributed by atoms with van der Waals surface area (Å²) in [5.41, 5.74) is 3.71. The smallest absolute Gasteiger partial charge is 0.292 e. The van der Waals surface area contributed by atoms with Crippen molar-refractivity contribution in [3.8, 4) is 0 Å². The number of nitrogens with zero attached hydrogens (tertiary/aromatic N) is 2. The summed E-state index contributed by atoms with van der Waals surface area (Å²) in [5, 5.41) is 5.88. The lowest BCUT2D eigenvalue weighted by molar-refractivity contribution is -0.134. The molecule has 0 spiro atoms. The van der Waals surface area contributed by atoms with E-state index in [1.54, 1.807) is 61.5 Å². The highest BCUT2D eigenvalue weighted by molar-refractivity contribution is 6.41. The van der Waals surface area contributed by atoms with Crippen LogP contribution in [0.2, 0.25) is 5.02 Å². The van der Waals surface area contributed by atoms with E-state index in [1.807, 2.05) is 19.1 Å². The maximum atomic E-state index is 13.1. The Labute approximate surface area is 201 Å². The van der Waals surface area contributed by atoms with Gasteiger partial charge in [0.05, 0.1) is 23.1 Å². The third-order valence-electron chi connectivity index (χ3n) is 5.35. The fraction of sp³-hybridized carbons (Fsp3) is 0.115. The first-order chi connectivity index (χ1) is 16.3. The van der Waals surface area contributed by atoms with Crippen LogP contribution in [-0.4, -0.2) is 27.6 Å². The zero-order valence-electron chi connectivity index (χ0n) is 18.6. The molecule has 4 rings (SSSR count). The van der Waals surface area contributed by atoms with Crippen LogP contribution in [0, 0.1) is 13.8 Å². The molecule has 0 aliphatic heterocycles. The molecule has 2 N–H and O–H groups in total. The molecule has 0 atom stereocenters. The van der Waals surface area contributed by atoms with E-state index in [1.165, 1.54) is 0 Å². The van der Waals surface area contributed by atoms with Crippen molar-refractivity contribution in [1.29, 1.82) is 0 Å². The minimum Gasteiger partial charge on any atom is -0.320 e. The van der Waals surface area contributed by atoms with Crippen LogP contribution in [0.1, 0.15) is 27.3 Å². The lowest BCUT2D eigenvalue weighted by Gasteiger charge is -2.12. The van der Waals surface area contributed by atoms with Crippen LogP contribution >= 0.6 is 11.6 Å². The van der Waals surface area contributed by atoms with Gasteiger partial charge in [-0.2, -0.15) is 0 Å². The molecule has 34 heavy (non-hydrogen) atoms. The van der Waals surface area contributed by atoms with Gasteiger partial charge in [-0.1, -0.05) is 48.0 Å². The molecule has 0 fully saturated rings. The number of hydrogen-bond donors (Lipinski definition) is 2. The van der Waals surface area contributed by atoms with Crippen LogP contribution in [0.25, 0.3) is 11.0 Å². The molecule has 1 aromatic heterocycles. The highest BCUT2D eigenvalue weighted by atomic mass is 35.5. The Balaban J connectivity index is 1.63. The molecule has 0 aliphatic rings. The van der Waals surface area contributed by atoms with Crippen molar-refractivity contribution in [3.63, 3.8) is 0 Å². The van der Waals surface area contributed by atoms with Gasteiger partial charge in [0.2, 0.25) is 5.78 Å². The van der Waals surface area contributed by atoms with Crippen molar-refractivity contribution in [2.75, 3.05) is 10.6 Å². The van der Waals surface area contributed by atoms with Crippen molar-refractivity contribution in [1.82, 2.24) is 9.97 Å². The summed E-state index contributed by atoms with van der Waals surface area (Å²) in [7, 11) is 0. The van der Waals surface area contributed by atoms with E-state index in [0.29, 0.717) is 33.0 Å². The monoisotopic (exact) mass is 472 g/mol. The second-order valence-electron chi connectivity index (χ2n) is 7.74. The molecule has 1 heterocycles. The third kappa shape index (κ3) is 4.94. The largest absolute Gasteiger partial charge is 0.320 e. The fourth-order valence-corrected chi connectivity index (χ4v) is 3.58. The lowest BCUT2D eigenvalue weighted by atomic mass is 10.1. The molecule has 170 valence electrons. The van der Waals surface area contributed by atoms with E-state index in [9.17, 15) is 14.4 Å². The van der Waals surface area contributed by atoms with Gasteiger partial charge in [0.25, 0.3) is 11.8 Å². The minimum absolute atomic E-state index is 0.0120. The summed E-state index contributed by atoms with van der Waals surface area (Å²) >= 11 is 6.10. The van der Waals surface area contributed by atoms with E-state index < -0.39 is 17.6 Å². The number of benzene rings is 3. The quantitative estimate of drug-likeness (QED) is 0.388. The predicted molar refractivity (Wildman–Crippen MR) is 132 cm³/mol. The average Bonchev–Trinajstić information content (AvgIpc) is 2.83. The van der Waals surface area contributed by atoms with Gasteiger partial charge in [0, 0.05) is 16.4 Å². The normalized spacial score (nSPS) is 10.7. The lowest BCUT2D eigenvalue weighted by Crippen LogP contribution is -2.27. The molecule has 0 bridgehead atoms. The molecular formula is C26H21ClN4O3. The van der Waals surface area contributed by atoms with Crippen LogP contribution < -0.4 is 10.6 Å². The first-order valence-corrected chi connectivity index (χ1v) is 10.9. The van der Waals surface area contributed by atoms with Gasteiger partial charge in [-0.05, 0) is 55.3 Å². The van der Waals surface area contributed by atoms with E-state index in [2.05, 4.69) is 20.6 Å². The zero-order valence-corrected chi connectivity index (χ0v) is 19.3. The standard InChI is InChI=1S/C26H21ClN4O3/c1-15-8-3-4-10-18(15)30-26(34)24-22(28-20-11-5-6-12-21(20)29-24)14-23(32)25(33)31-19-13-7-9-17(27)16(19)2/h3-13H,14H2,1-2H3,(H,30,34)(H,31,33). The zero-order chi connectivity index (χ0) is 24.2. The number of para-hydroxylation sites is 3. The molecule has 0 unspecified atom stereocenters. The summed E-state index contributed by atoms with van der Waals surface area (Å²) in [6, 6.07) is 19.4. The number of Topliss-reactive ketones (excluding diaryl/α,β-unsaturated/α-hetero) is 1. The Morgan fingerprint density at radius 1 is 0.794 bits per heavy atom. The Bertz CT molecular complexity index is 1440. The number of ketones is 1. The van der Waals surface area contributed by atoms with Gasteiger partial charge < -0.3 is 10.6 Å². The summed E-state index contributed by atoms with van der Waals surface area (Å²) in [6.45, 7) is 3.61. The molecule has 0 aliphatic carbocycles. The molecule has 0 radical (unpaired) electrons. The van der Waals surface area contributed by atoms with Gasteiger partial charge in [-0.3, -0.25) is 14.4 Å². The maximum absolute atomic E-state index is 13.1. The summed E-state index contributed by atoms with van der Waals surface area (Å²) in [6.07, 6.45) is -0.389. The van der Waals surface area contributed by atoms with Gasteiger partial charge in [0.1, 0.15) is 0 Å². The van der Waals surface area contributed by atoms with Crippen molar-refractivity contribution in [2.24, 2.45) is 0 Å². The second kappa shape index (κ2) is 9.80. The van der Waals surface area contributed by atoms with Crippen LogP contribution in [0.4, 0.5) is 11.4 Å². The van der Waals surface area contributed by atoms with Crippen molar-refractivity contribution < 1.29 is 14.4 Å². The number of nitrogens with one attached hydrogen (secondary N) is 2. The molecule has 3 aromatic carbocycles. The fourth-order valence-electron chi connectivity index (χ4n) is 3.40. The molecular weight excluding hydrogens is 452 g/mol. The van der Waals surface area contributed by atoms with Gasteiger partial charge in [-0.15, -0.1) is 0 Å². The summed E-state index contributed by atoms with van der Waals surface area (Å²) < 4.78 is 0. The number of carbonyl (C=O) groups excluding carboxylic acids is 3.